The third-order valence-corrected chi connectivity index (χ3v) is 6.39. The summed E-state index contributed by atoms with van der Waals surface area (Å²) >= 11 is 0. The van der Waals surface area contributed by atoms with Crippen molar-refractivity contribution in [3.8, 4) is 11.4 Å². The fourth-order valence-electron chi connectivity index (χ4n) is 4.37. The highest BCUT2D eigenvalue weighted by molar-refractivity contribution is 6.12. The molecule has 12 nitrogen and oxygen atoms in total. The highest BCUT2D eigenvalue weighted by atomic mass is 16.2. The summed E-state index contributed by atoms with van der Waals surface area (Å²) in [6, 6.07) is 14.3. The number of benzodiazepines with no additional fused rings is 1. The molecule has 3 amide bonds. The van der Waals surface area contributed by atoms with Crippen molar-refractivity contribution in [2.24, 2.45) is 12.0 Å². The van der Waals surface area contributed by atoms with Crippen LogP contribution in [0.25, 0.3) is 11.4 Å². The van der Waals surface area contributed by atoms with Crippen LogP contribution in [0.1, 0.15) is 5.56 Å². The topological polar surface area (TPSA) is 124 Å². The number of carbonyl (C=O) groups is 2. The number of nitrogens with one attached hydrogen (secondary N) is 2. The molecule has 1 saturated heterocycles. The Morgan fingerprint density at radius 2 is 1.78 bits per heavy atom. The summed E-state index contributed by atoms with van der Waals surface area (Å²) < 4.78 is 1.55. The summed E-state index contributed by atoms with van der Waals surface area (Å²) in [7, 11) is 5.53. The predicted molar refractivity (Wildman–Crippen MR) is 136 cm³/mol. The van der Waals surface area contributed by atoms with Crippen molar-refractivity contribution in [3.63, 3.8) is 0 Å². The number of nitrogens with zero attached hydrogens (tertiary/aromatic N) is 8. The largest absolute Gasteiger partial charge is 0.354 e. The molecule has 0 radical (unpaired) electrons. The van der Waals surface area contributed by atoms with E-state index in [0.29, 0.717) is 17.3 Å². The molecule has 2 aliphatic rings. The molecule has 1 aromatic heterocycles. The van der Waals surface area contributed by atoms with Gasteiger partial charge >= 0.3 is 6.03 Å². The van der Waals surface area contributed by atoms with Crippen LogP contribution >= 0.6 is 0 Å². The number of urea groups is 1. The monoisotopic (exact) mass is 488 g/mol. The fraction of sp³-hybridized carbons (Fsp3) is 0.333. The second kappa shape index (κ2) is 9.74. The lowest BCUT2D eigenvalue weighted by atomic mass is 10.1. The van der Waals surface area contributed by atoms with Crippen LogP contribution in [0, 0.1) is 0 Å². The Labute approximate surface area is 208 Å². The molecule has 2 N–H and O–H groups in total. The van der Waals surface area contributed by atoms with Gasteiger partial charge in [-0.05, 0) is 41.7 Å². The molecular weight excluding hydrogens is 460 g/mol. The SMILES string of the molecule is CN1CCN(C2=N[C@@H](NC(=O)Nc3cccc(-c4nnnn4C)c3)C(=O)N(C)c3ccccc32)CC1. The zero-order valence-electron chi connectivity index (χ0n) is 20.4. The average molecular weight is 489 g/mol. The second-order valence-corrected chi connectivity index (χ2v) is 8.87. The predicted octanol–water partition coefficient (Wildman–Crippen LogP) is 0.995. The van der Waals surface area contributed by atoms with Crippen LogP contribution in [0.2, 0.25) is 0 Å². The molecular formula is C24H28N10O2. The number of likely N-dealkylation sites (N-methyl/N-ethyl adjacent to an activating group) is 2. The molecule has 0 unspecified atom stereocenters. The molecule has 0 bridgehead atoms. The minimum atomic E-state index is -1.08. The quantitative estimate of drug-likeness (QED) is 0.564. The van der Waals surface area contributed by atoms with Crippen molar-refractivity contribution in [2.75, 3.05) is 50.5 Å². The number of tetrazole rings is 1. The Bertz CT molecular complexity index is 1310. The van der Waals surface area contributed by atoms with E-state index < -0.39 is 12.2 Å². The zero-order valence-corrected chi connectivity index (χ0v) is 20.4. The standard InChI is InChI=1S/C24H28N10O2/c1-31-11-13-34(14-12-31)22-18-9-4-5-10-19(18)32(2)23(35)20(26-22)27-24(36)25-17-8-6-7-16(15-17)21-28-29-30-33(21)3/h4-10,15,20H,11-14H2,1-3H3,(H2,25,27,36)/t20-/m0/s1. The number of para-hydroxylation sites is 1. The lowest BCUT2D eigenvalue weighted by Gasteiger charge is -2.35. The molecule has 2 aromatic carbocycles. The summed E-state index contributed by atoms with van der Waals surface area (Å²) in [5.41, 5.74) is 2.91. The average Bonchev–Trinajstić information content (AvgIpc) is 3.28. The number of amidine groups is 1. The number of rotatable bonds is 3. The van der Waals surface area contributed by atoms with Crippen molar-refractivity contribution in [1.29, 1.82) is 0 Å². The zero-order chi connectivity index (χ0) is 25.2. The van der Waals surface area contributed by atoms with E-state index in [0.717, 1.165) is 43.0 Å². The Balaban J connectivity index is 1.39. The Morgan fingerprint density at radius 3 is 2.53 bits per heavy atom. The highest BCUT2D eigenvalue weighted by Gasteiger charge is 2.33. The van der Waals surface area contributed by atoms with E-state index >= 15 is 0 Å². The Morgan fingerprint density at radius 1 is 1.00 bits per heavy atom. The van der Waals surface area contributed by atoms with Crippen LogP contribution in [0.15, 0.2) is 53.5 Å². The number of amides is 3. The first-order valence-corrected chi connectivity index (χ1v) is 11.7. The van der Waals surface area contributed by atoms with Gasteiger partial charge in [0, 0.05) is 57.1 Å². The van der Waals surface area contributed by atoms with Crippen LogP contribution in [0.3, 0.4) is 0 Å². The molecule has 5 rings (SSSR count). The van der Waals surface area contributed by atoms with Crippen molar-refractivity contribution in [2.45, 2.75) is 6.17 Å². The number of fused-ring (bicyclic) bond motifs is 1. The number of carbonyl (C=O) groups excluding carboxylic acids is 2. The first kappa shape index (κ1) is 23.4. The van der Waals surface area contributed by atoms with E-state index in [2.05, 4.69) is 43.0 Å². The molecule has 0 aliphatic carbocycles. The minimum absolute atomic E-state index is 0.319. The van der Waals surface area contributed by atoms with Gasteiger partial charge in [-0.2, -0.15) is 0 Å². The number of hydrogen-bond acceptors (Lipinski definition) is 8. The molecule has 36 heavy (non-hydrogen) atoms. The molecule has 1 atom stereocenters. The first-order valence-electron chi connectivity index (χ1n) is 11.7. The third kappa shape index (κ3) is 4.62. The molecule has 186 valence electrons. The maximum absolute atomic E-state index is 13.3. The molecule has 2 aliphatic heterocycles. The maximum atomic E-state index is 13.3. The normalized spacial score (nSPS) is 18.4. The van der Waals surface area contributed by atoms with Crippen LogP contribution in [0.5, 0.6) is 0 Å². The number of aliphatic imine (C=N–C) groups is 1. The molecule has 12 heteroatoms. The first-order chi connectivity index (χ1) is 17.4. The van der Waals surface area contributed by atoms with Gasteiger partial charge in [0.15, 0.2) is 5.82 Å². The van der Waals surface area contributed by atoms with E-state index in [-0.39, 0.29) is 5.91 Å². The van der Waals surface area contributed by atoms with Gasteiger partial charge in [-0.25, -0.2) is 14.5 Å². The van der Waals surface area contributed by atoms with E-state index in [1.54, 1.807) is 41.9 Å². The van der Waals surface area contributed by atoms with Crippen LogP contribution in [0.4, 0.5) is 16.2 Å². The lowest BCUT2D eigenvalue weighted by molar-refractivity contribution is -0.119. The van der Waals surface area contributed by atoms with Gasteiger partial charge in [0.2, 0.25) is 6.17 Å². The summed E-state index contributed by atoms with van der Waals surface area (Å²) in [6.45, 7) is 3.34. The Kier molecular flexibility index (Phi) is 6.34. The van der Waals surface area contributed by atoms with E-state index in [9.17, 15) is 9.59 Å². The van der Waals surface area contributed by atoms with E-state index in [1.165, 1.54) is 0 Å². The second-order valence-electron chi connectivity index (χ2n) is 8.87. The fourth-order valence-corrected chi connectivity index (χ4v) is 4.37. The van der Waals surface area contributed by atoms with Gasteiger partial charge in [-0.15, -0.1) is 5.10 Å². The third-order valence-electron chi connectivity index (χ3n) is 6.39. The van der Waals surface area contributed by atoms with Crippen molar-refractivity contribution >= 4 is 29.1 Å². The number of aryl methyl sites for hydroxylation is 1. The molecule has 0 spiro atoms. The number of piperazine rings is 1. The van der Waals surface area contributed by atoms with Gasteiger partial charge in [0.05, 0.1) is 5.69 Å². The highest BCUT2D eigenvalue weighted by Crippen LogP contribution is 2.26. The Hall–Kier alpha value is -4.32. The van der Waals surface area contributed by atoms with Crippen LogP contribution in [-0.2, 0) is 11.8 Å². The smallest absolute Gasteiger partial charge is 0.321 e. The van der Waals surface area contributed by atoms with Gasteiger partial charge in [-0.1, -0.05) is 24.3 Å². The van der Waals surface area contributed by atoms with Crippen LogP contribution in [-0.4, -0.2) is 94.2 Å². The van der Waals surface area contributed by atoms with Crippen molar-refractivity contribution in [3.05, 3.63) is 54.1 Å². The number of hydrogen-bond donors (Lipinski definition) is 2. The molecule has 3 aromatic rings. The molecule has 0 saturated carbocycles. The van der Waals surface area contributed by atoms with Gasteiger partial charge in [-0.3, -0.25) is 4.79 Å². The van der Waals surface area contributed by atoms with Crippen LogP contribution < -0.4 is 15.5 Å². The van der Waals surface area contributed by atoms with Gasteiger partial charge < -0.3 is 25.3 Å². The maximum Gasteiger partial charge on any atom is 0.321 e. The van der Waals surface area contributed by atoms with Gasteiger partial charge in [0.25, 0.3) is 5.91 Å². The van der Waals surface area contributed by atoms with Crippen molar-refractivity contribution in [1.82, 2.24) is 35.3 Å². The summed E-state index contributed by atoms with van der Waals surface area (Å²) in [4.78, 5) is 37.1. The lowest BCUT2D eigenvalue weighted by Crippen LogP contribution is -2.49. The van der Waals surface area contributed by atoms with E-state index in [1.807, 2.05) is 30.3 Å². The number of benzene rings is 2. The van der Waals surface area contributed by atoms with Gasteiger partial charge in [0.1, 0.15) is 5.84 Å². The van der Waals surface area contributed by atoms with Crippen molar-refractivity contribution < 1.29 is 9.59 Å². The molecule has 1 fully saturated rings. The summed E-state index contributed by atoms with van der Waals surface area (Å²) in [5.74, 6) is 0.956. The van der Waals surface area contributed by atoms with E-state index in [4.69, 9.17) is 4.99 Å². The summed E-state index contributed by atoms with van der Waals surface area (Å²) in [6.07, 6.45) is -1.08. The minimum Gasteiger partial charge on any atom is -0.354 e. The number of aromatic nitrogens is 4. The summed E-state index contributed by atoms with van der Waals surface area (Å²) in [5, 5.41) is 17.1. The number of anilines is 2. The molecule has 3 heterocycles.